The molecule has 1 saturated heterocycles. The average molecular weight is 311 g/mol. The van der Waals surface area contributed by atoms with E-state index in [0.29, 0.717) is 19.6 Å². The molecule has 0 aromatic heterocycles. The third-order valence-electron chi connectivity index (χ3n) is 4.42. The maximum Gasteiger partial charge on any atom is 0.225 e. The third kappa shape index (κ3) is 3.39. The molecule has 1 amide bonds. The standard InChI is InChI=1S/C16H22N2O2.ClH/c17-11-13-5-3-8-18(13)16(19)10-15-14-6-2-1-4-12(14)7-9-20-15;/h1-2,4,6,13,15H,3,5,7-11,17H2;1H. The molecule has 0 aliphatic carbocycles. The van der Waals surface area contributed by atoms with Gasteiger partial charge < -0.3 is 15.4 Å². The van der Waals surface area contributed by atoms with E-state index >= 15 is 0 Å². The van der Waals surface area contributed by atoms with Crippen molar-refractivity contribution in [2.75, 3.05) is 19.7 Å². The number of nitrogens with zero attached hydrogens (tertiary/aromatic N) is 1. The predicted octanol–water partition coefficient (Wildman–Crippen LogP) is 2.06. The van der Waals surface area contributed by atoms with E-state index in [1.807, 2.05) is 17.0 Å². The van der Waals surface area contributed by atoms with Gasteiger partial charge in [-0.15, -0.1) is 12.4 Å². The van der Waals surface area contributed by atoms with Crippen LogP contribution in [-0.2, 0) is 16.0 Å². The Morgan fingerprint density at radius 2 is 2.19 bits per heavy atom. The number of ether oxygens (including phenoxy) is 1. The predicted molar refractivity (Wildman–Crippen MR) is 84.5 cm³/mol. The zero-order valence-corrected chi connectivity index (χ0v) is 13.0. The van der Waals surface area contributed by atoms with Crippen LogP contribution in [0.4, 0.5) is 0 Å². The molecule has 2 atom stereocenters. The Morgan fingerprint density at radius 1 is 1.38 bits per heavy atom. The Hall–Kier alpha value is -1.10. The molecule has 4 nitrogen and oxygen atoms in total. The minimum Gasteiger partial charge on any atom is -0.373 e. The molecule has 2 N–H and O–H groups in total. The van der Waals surface area contributed by atoms with Crippen molar-refractivity contribution in [3.63, 3.8) is 0 Å². The van der Waals surface area contributed by atoms with Gasteiger partial charge >= 0.3 is 0 Å². The highest BCUT2D eigenvalue weighted by molar-refractivity contribution is 5.85. The van der Waals surface area contributed by atoms with Gasteiger partial charge in [-0.2, -0.15) is 0 Å². The quantitative estimate of drug-likeness (QED) is 0.930. The number of carbonyl (C=O) groups excluding carboxylic acids is 1. The Bertz CT molecular complexity index is 495. The van der Waals surface area contributed by atoms with Crippen LogP contribution in [0, 0.1) is 0 Å². The van der Waals surface area contributed by atoms with Crippen LogP contribution in [0.1, 0.15) is 36.5 Å². The summed E-state index contributed by atoms with van der Waals surface area (Å²) in [6.45, 7) is 2.11. The van der Waals surface area contributed by atoms with Gasteiger partial charge in [0.05, 0.1) is 19.1 Å². The first-order valence-corrected chi connectivity index (χ1v) is 7.48. The number of carbonyl (C=O) groups is 1. The fourth-order valence-electron chi connectivity index (χ4n) is 3.33. The molecule has 5 heteroatoms. The van der Waals surface area contributed by atoms with E-state index in [0.717, 1.165) is 25.8 Å². The van der Waals surface area contributed by atoms with Crippen molar-refractivity contribution in [3.8, 4) is 0 Å². The van der Waals surface area contributed by atoms with Crippen molar-refractivity contribution in [1.29, 1.82) is 0 Å². The van der Waals surface area contributed by atoms with Crippen LogP contribution in [0.3, 0.4) is 0 Å². The first-order valence-electron chi connectivity index (χ1n) is 7.48. The molecule has 0 bridgehead atoms. The zero-order valence-electron chi connectivity index (χ0n) is 12.2. The molecular formula is C16H23ClN2O2. The van der Waals surface area contributed by atoms with E-state index in [-0.39, 0.29) is 30.5 Å². The second-order valence-electron chi connectivity index (χ2n) is 5.63. The molecule has 2 aliphatic rings. The Labute approximate surface area is 132 Å². The smallest absolute Gasteiger partial charge is 0.225 e. The van der Waals surface area contributed by atoms with Gasteiger partial charge in [0.2, 0.25) is 5.91 Å². The maximum atomic E-state index is 12.5. The molecule has 0 saturated carbocycles. The minimum absolute atomic E-state index is 0. The first-order chi connectivity index (χ1) is 9.79. The van der Waals surface area contributed by atoms with Crippen LogP contribution >= 0.6 is 12.4 Å². The number of benzene rings is 1. The summed E-state index contributed by atoms with van der Waals surface area (Å²) >= 11 is 0. The lowest BCUT2D eigenvalue weighted by atomic mass is 9.95. The number of nitrogens with two attached hydrogens (primary N) is 1. The first kappa shape index (κ1) is 16.3. The molecule has 0 spiro atoms. The normalized spacial score (nSPS) is 24.3. The summed E-state index contributed by atoms with van der Waals surface area (Å²) in [5, 5.41) is 0. The van der Waals surface area contributed by atoms with E-state index in [2.05, 4.69) is 12.1 Å². The molecule has 3 rings (SSSR count). The van der Waals surface area contributed by atoms with Crippen LogP contribution in [0.2, 0.25) is 0 Å². The lowest BCUT2D eigenvalue weighted by Gasteiger charge is -2.29. The highest BCUT2D eigenvalue weighted by Crippen LogP contribution is 2.31. The maximum absolute atomic E-state index is 12.5. The number of fused-ring (bicyclic) bond motifs is 1. The van der Waals surface area contributed by atoms with Crippen LogP contribution < -0.4 is 5.73 Å². The molecule has 1 aromatic carbocycles. The molecule has 1 fully saturated rings. The summed E-state index contributed by atoms with van der Waals surface area (Å²) < 4.78 is 5.82. The van der Waals surface area contributed by atoms with Gasteiger partial charge in [0, 0.05) is 19.1 Å². The topological polar surface area (TPSA) is 55.6 Å². The average Bonchev–Trinajstić information content (AvgIpc) is 2.96. The van der Waals surface area contributed by atoms with E-state index in [1.54, 1.807) is 0 Å². The minimum atomic E-state index is -0.0912. The highest BCUT2D eigenvalue weighted by Gasteiger charge is 2.31. The Kier molecular flexibility index (Phi) is 5.62. The molecule has 2 aliphatic heterocycles. The lowest BCUT2D eigenvalue weighted by molar-refractivity contribution is -0.135. The van der Waals surface area contributed by atoms with E-state index in [9.17, 15) is 4.79 Å². The Morgan fingerprint density at radius 3 is 3.00 bits per heavy atom. The monoisotopic (exact) mass is 310 g/mol. The van der Waals surface area contributed by atoms with Gasteiger partial charge in [-0.3, -0.25) is 4.79 Å². The summed E-state index contributed by atoms with van der Waals surface area (Å²) in [6.07, 6.45) is 3.38. The number of hydrogen-bond acceptors (Lipinski definition) is 3. The molecule has 0 radical (unpaired) electrons. The summed E-state index contributed by atoms with van der Waals surface area (Å²) in [7, 11) is 0. The van der Waals surface area contributed by atoms with Crippen molar-refractivity contribution in [3.05, 3.63) is 35.4 Å². The van der Waals surface area contributed by atoms with E-state index in [1.165, 1.54) is 11.1 Å². The number of halogens is 1. The van der Waals surface area contributed by atoms with Crippen LogP contribution in [0.25, 0.3) is 0 Å². The molecular weight excluding hydrogens is 288 g/mol. The second-order valence-corrected chi connectivity index (χ2v) is 5.63. The van der Waals surface area contributed by atoms with E-state index < -0.39 is 0 Å². The lowest BCUT2D eigenvalue weighted by Crippen LogP contribution is -2.40. The Balaban J connectivity index is 0.00000161. The van der Waals surface area contributed by atoms with Crippen molar-refractivity contribution in [1.82, 2.24) is 4.90 Å². The van der Waals surface area contributed by atoms with Gasteiger partial charge in [-0.1, -0.05) is 24.3 Å². The fourth-order valence-corrected chi connectivity index (χ4v) is 3.33. The van der Waals surface area contributed by atoms with Crippen LogP contribution in [0.15, 0.2) is 24.3 Å². The van der Waals surface area contributed by atoms with Crippen LogP contribution in [0.5, 0.6) is 0 Å². The number of rotatable bonds is 3. The molecule has 2 heterocycles. The number of hydrogen-bond donors (Lipinski definition) is 1. The molecule has 21 heavy (non-hydrogen) atoms. The SMILES string of the molecule is Cl.NCC1CCCN1C(=O)CC1OCCc2ccccc21. The van der Waals surface area contributed by atoms with Crippen molar-refractivity contribution in [2.45, 2.75) is 37.8 Å². The van der Waals surface area contributed by atoms with Crippen LogP contribution in [-0.4, -0.2) is 36.5 Å². The third-order valence-corrected chi connectivity index (χ3v) is 4.42. The highest BCUT2D eigenvalue weighted by atomic mass is 35.5. The van der Waals surface area contributed by atoms with Gasteiger partial charge in [0.15, 0.2) is 0 Å². The second kappa shape index (κ2) is 7.25. The summed E-state index contributed by atoms with van der Waals surface area (Å²) in [5.74, 6) is 0.180. The van der Waals surface area contributed by atoms with Gasteiger partial charge in [-0.05, 0) is 30.4 Å². The summed E-state index contributed by atoms with van der Waals surface area (Å²) in [5.41, 5.74) is 8.24. The van der Waals surface area contributed by atoms with Crippen molar-refractivity contribution >= 4 is 18.3 Å². The van der Waals surface area contributed by atoms with E-state index in [4.69, 9.17) is 10.5 Å². The molecule has 116 valence electrons. The summed E-state index contributed by atoms with van der Waals surface area (Å²) in [6, 6.07) is 8.50. The molecule has 2 unspecified atom stereocenters. The molecule has 1 aromatic rings. The van der Waals surface area contributed by atoms with Gasteiger partial charge in [0.25, 0.3) is 0 Å². The number of likely N-dealkylation sites (tertiary alicyclic amines) is 1. The number of amides is 1. The van der Waals surface area contributed by atoms with Crippen molar-refractivity contribution < 1.29 is 9.53 Å². The fraction of sp³-hybridized carbons (Fsp3) is 0.562. The largest absolute Gasteiger partial charge is 0.373 e. The van der Waals surface area contributed by atoms with Gasteiger partial charge in [0.1, 0.15) is 0 Å². The zero-order chi connectivity index (χ0) is 13.9. The van der Waals surface area contributed by atoms with Crippen molar-refractivity contribution in [2.24, 2.45) is 5.73 Å². The van der Waals surface area contributed by atoms with Gasteiger partial charge in [-0.25, -0.2) is 0 Å². The summed E-state index contributed by atoms with van der Waals surface area (Å²) in [4.78, 5) is 14.4.